The first-order valence-electron chi connectivity index (χ1n) is 6.74. The molecule has 1 aliphatic rings. The zero-order valence-electron chi connectivity index (χ0n) is 11.1. The average molecular weight is 274 g/mol. The largest absolute Gasteiger partial charge is 0.300 e. The molecule has 100 valence electrons. The number of pyridine rings is 1. The van der Waals surface area contributed by atoms with Crippen molar-refractivity contribution >= 4 is 12.2 Å². The maximum Gasteiger partial charge on any atom is 0.195 e. The summed E-state index contributed by atoms with van der Waals surface area (Å²) in [4.78, 5) is 4.05. The minimum Gasteiger partial charge on any atom is -0.300 e. The highest BCUT2D eigenvalue weighted by Gasteiger charge is 2.30. The molecule has 0 radical (unpaired) electrons. The zero-order valence-corrected chi connectivity index (χ0v) is 11.9. The fourth-order valence-electron chi connectivity index (χ4n) is 2.95. The summed E-state index contributed by atoms with van der Waals surface area (Å²) in [6.07, 6.45) is 8.77. The number of hydrogen-bond acceptors (Lipinski definition) is 3. The van der Waals surface area contributed by atoms with Crippen molar-refractivity contribution in [2.45, 2.75) is 39.2 Å². The fraction of sp³-hybridized carbons (Fsp3) is 0.500. The smallest absolute Gasteiger partial charge is 0.195 e. The second-order valence-corrected chi connectivity index (χ2v) is 6.08. The maximum atomic E-state index is 5.39. The molecule has 0 amide bonds. The van der Waals surface area contributed by atoms with Crippen LogP contribution in [-0.2, 0) is 6.54 Å². The molecule has 0 spiro atoms. The van der Waals surface area contributed by atoms with Crippen LogP contribution < -0.4 is 0 Å². The SMILES string of the molecule is CC1(Cn2c(-c3ccncc3)n[nH]c2=S)CCCC1. The van der Waals surface area contributed by atoms with Gasteiger partial charge in [0.25, 0.3) is 0 Å². The summed E-state index contributed by atoms with van der Waals surface area (Å²) >= 11 is 5.39. The Bertz CT molecular complexity index is 608. The van der Waals surface area contributed by atoms with Crippen LogP contribution in [-0.4, -0.2) is 19.7 Å². The van der Waals surface area contributed by atoms with E-state index in [1.54, 1.807) is 12.4 Å². The Kier molecular flexibility index (Phi) is 3.22. The number of H-pyrrole nitrogens is 1. The van der Waals surface area contributed by atoms with Gasteiger partial charge >= 0.3 is 0 Å². The number of nitrogens with one attached hydrogen (secondary N) is 1. The monoisotopic (exact) mass is 274 g/mol. The molecule has 0 unspecified atom stereocenters. The molecular formula is C14H18N4S. The van der Waals surface area contributed by atoms with Gasteiger partial charge in [-0.15, -0.1) is 0 Å². The molecular weight excluding hydrogens is 256 g/mol. The zero-order chi connectivity index (χ0) is 13.3. The second kappa shape index (κ2) is 4.89. The van der Waals surface area contributed by atoms with Gasteiger partial charge in [0.15, 0.2) is 10.6 Å². The minimum atomic E-state index is 0.351. The Labute approximate surface area is 117 Å². The van der Waals surface area contributed by atoms with Crippen molar-refractivity contribution in [3.05, 3.63) is 29.3 Å². The summed E-state index contributed by atoms with van der Waals surface area (Å²) in [5.41, 5.74) is 1.41. The Morgan fingerprint density at radius 2 is 2.00 bits per heavy atom. The molecule has 2 aromatic rings. The Morgan fingerprint density at radius 3 is 2.68 bits per heavy atom. The second-order valence-electron chi connectivity index (χ2n) is 5.69. The standard InChI is InChI=1S/C14H18N4S/c1-14(6-2-3-7-14)10-18-12(16-17-13(18)19)11-4-8-15-9-5-11/h4-5,8-9H,2-3,6-7,10H2,1H3,(H,17,19). The molecule has 3 rings (SSSR count). The lowest BCUT2D eigenvalue weighted by Gasteiger charge is -2.24. The first-order chi connectivity index (χ1) is 9.18. The van der Waals surface area contributed by atoms with Gasteiger partial charge < -0.3 is 0 Å². The van der Waals surface area contributed by atoms with Gasteiger partial charge in [-0.25, -0.2) is 0 Å². The van der Waals surface area contributed by atoms with Crippen molar-refractivity contribution in [2.24, 2.45) is 5.41 Å². The van der Waals surface area contributed by atoms with Crippen LogP contribution in [0.15, 0.2) is 24.5 Å². The molecule has 0 atom stereocenters. The van der Waals surface area contributed by atoms with Crippen LogP contribution in [0.4, 0.5) is 0 Å². The van der Waals surface area contributed by atoms with Crippen LogP contribution in [0.2, 0.25) is 0 Å². The molecule has 1 aliphatic carbocycles. The van der Waals surface area contributed by atoms with Crippen molar-refractivity contribution in [3.8, 4) is 11.4 Å². The number of aromatic amines is 1. The third kappa shape index (κ3) is 2.47. The molecule has 0 saturated heterocycles. The predicted octanol–water partition coefficient (Wildman–Crippen LogP) is 3.58. The lowest BCUT2D eigenvalue weighted by molar-refractivity contribution is 0.281. The van der Waals surface area contributed by atoms with E-state index >= 15 is 0 Å². The van der Waals surface area contributed by atoms with Gasteiger partial charge in [-0.1, -0.05) is 19.8 Å². The molecule has 2 heterocycles. The summed E-state index contributed by atoms with van der Waals surface area (Å²) in [6.45, 7) is 3.30. The predicted molar refractivity (Wildman–Crippen MR) is 77.2 cm³/mol. The lowest BCUT2D eigenvalue weighted by atomic mass is 9.89. The van der Waals surface area contributed by atoms with Crippen molar-refractivity contribution in [2.75, 3.05) is 0 Å². The maximum absolute atomic E-state index is 5.39. The molecule has 19 heavy (non-hydrogen) atoms. The van der Waals surface area contributed by atoms with E-state index in [4.69, 9.17) is 12.2 Å². The molecule has 1 fully saturated rings. The van der Waals surface area contributed by atoms with Gasteiger partial charge in [-0.2, -0.15) is 5.10 Å². The minimum absolute atomic E-state index is 0.351. The van der Waals surface area contributed by atoms with E-state index in [1.165, 1.54) is 25.7 Å². The highest BCUT2D eigenvalue weighted by atomic mass is 32.1. The van der Waals surface area contributed by atoms with Gasteiger partial charge in [0.1, 0.15) is 0 Å². The van der Waals surface area contributed by atoms with Crippen molar-refractivity contribution in [1.29, 1.82) is 0 Å². The van der Waals surface area contributed by atoms with E-state index in [2.05, 4.69) is 26.7 Å². The molecule has 1 N–H and O–H groups in total. The van der Waals surface area contributed by atoms with E-state index in [0.717, 1.165) is 17.9 Å². The van der Waals surface area contributed by atoms with Gasteiger partial charge in [0, 0.05) is 24.5 Å². The summed E-state index contributed by atoms with van der Waals surface area (Å²) in [5.74, 6) is 0.917. The molecule has 2 aromatic heterocycles. The molecule has 4 nitrogen and oxygen atoms in total. The van der Waals surface area contributed by atoms with E-state index in [0.29, 0.717) is 10.2 Å². The topological polar surface area (TPSA) is 46.5 Å². The van der Waals surface area contributed by atoms with E-state index < -0.39 is 0 Å². The summed E-state index contributed by atoms with van der Waals surface area (Å²) in [6, 6.07) is 3.94. The van der Waals surface area contributed by atoms with Crippen LogP contribution >= 0.6 is 12.2 Å². The van der Waals surface area contributed by atoms with Crippen LogP contribution in [0, 0.1) is 10.2 Å². The quantitative estimate of drug-likeness (QED) is 0.870. The summed E-state index contributed by atoms with van der Waals surface area (Å²) in [5, 5.41) is 7.30. The first kappa shape index (κ1) is 12.5. The summed E-state index contributed by atoms with van der Waals surface area (Å²) < 4.78 is 2.84. The Morgan fingerprint density at radius 1 is 1.32 bits per heavy atom. The highest BCUT2D eigenvalue weighted by Crippen LogP contribution is 2.39. The number of rotatable bonds is 3. The van der Waals surface area contributed by atoms with Gasteiger partial charge in [0.05, 0.1) is 0 Å². The molecule has 0 aromatic carbocycles. The lowest BCUT2D eigenvalue weighted by Crippen LogP contribution is -2.20. The van der Waals surface area contributed by atoms with Crippen LogP contribution in [0.5, 0.6) is 0 Å². The van der Waals surface area contributed by atoms with Gasteiger partial charge in [0.2, 0.25) is 0 Å². The number of aromatic nitrogens is 4. The van der Waals surface area contributed by atoms with E-state index in [9.17, 15) is 0 Å². The van der Waals surface area contributed by atoms with Gasteiger partial charge in [-0.05, 0) is 42.6 Å². The van der Waals surface area contributed by atoms with Crippen LogP contribution in [0.1, 0.15) is 32.6 Å². The third-order valence-corrected chi connectivity index (χ3v) is 4.36. The normalized spacial score (nSPS) is 17.7. The molecule has 0 aliphatic heterocycles. The highest BCUT2D eigenvalue weighted by molar-refractivity contribution is 7.71. The van der Waals surface area contributed by atoms with E-state index in [1.807, 2.05) is 12.1 Å². The van der Waals surface area contributed by atoms with Crippen LogP contribution in [0.3, 0.4) is 0 Å². The molecule has 1 saturated carbocycles. The van der Waals surface area contributed by atoms with Crippen molar-refractivity contribution < 1.29 is 0 Å². The van der Waals surface area contributed by atoms with E-state index in [-0.39, 0.29) is 0 Å². The fourth-order valence-corrected chi connectivity index (χ4v) is 3.15. The first-order valence-corrected chi connectivity index (χ1v) is 7.14. The Balaban J connectivity index is 1.98. The van der Waals surface area contributed by atoms with Crippen LogP contribution in [0.25, 0.3) is 11.4 Å². The van der Waals surface area contributed by atoms with Crippen molar-refractivity contribution in [3.63, 3.8) is 0 Å². The number of nitrogens with zero attached hydrogens (tertiary/aromatic N) is 3. The molecule has 5 heteroatoms. The molecule has 0 bridgehead atoms. The Hall–Kier alpha value is -1.49. The third-order valence-electron chi connectivity index (χ3n) is 4.05. The summed E-state index contributed by atoms with van der Waals surface area (Å²) in [7, 11) is 0. The van der Waals surface area contributed by atoms with Gasteiger partial charge in [-0.3, -0.25) is 14.6 Å². The average Bonchev–Trinajstić information content (AvgIpc) is 2.99. The number of hydrogen-bond donors (Lipinski definition) is 1. The van der Waals surface area contributed by atoms with Crippen molar-refractivity contribution in [1.82, 2.24) is 19.7 Å².